The topological polar surface area (TPSA) is 39.2 Å². The van der Waals surface area contributed by atoms with Crippen LogP contribution in [-0.2, 0) is 11.2 Å². The molecular weight excluding hydrogens is 190 g/mol. The molecule has 0 unspecified atom stereocenters. The van der Waals surface area contributed by atoms with E-state index >= 15 is 0 Å². The molecule has 70 valence electrons. The molecule has 1 heterocycles. The molecule has 0 bridgehead atoms. The molecule has 1 aromatic rings. The molecule has 4 heteroatoms. The first-order valence-corrected chi connectivity index (χ1v) is 4.19. The van der Waals surface area contributed by atoms with Crippen LogP contribution in [0.15, 0.2) is 12.3 Å². The fourth-order valence-corrected chi connectivity index (χ4v) is 1.14. The second kappa shape index (κ2) is 4.23. The Bertz CT molecular complexity index is 325. The average Bonchev–Trinajstić information content (AvgIpc) is 2.08. The summed E-state index contributed by atoms with van der Waals surface area (Å²) >= 11 is 5.83. The van der Waals surface area contributed by atoms with Crippen molar-refractivity contribution in [3.8, 4) is 5.88 Å². The largest absolute Gasteiger partial charge is 0.481 e. The van der Waals surface area contributed by atoms with E-state index in [9.17, 15) is 4.79 Å². The van der Waals surface area contributed by atoms with E-state index in [0.717, 1.165) is 5.56 Å². The number of carbonyl (C=O) groups excluding carboxylic acids is 1. The Hall–Kier alpha value is -1.09. The first kappa shape index (κ1) is 9.99. The van der Waals surface area contributed by atoms with Gasteiger partial charge in [0.1, 0.15) is 5.78 Å². The first-order valence-electron chi connectivity index (χ1n) is 3.81. The number of halogens is 1. The minimum absolute atomic E-state index is 0.0650. The van der Waals surface area contributed by atoms with Crippen molar-refractivity contribution in [2.75, 3.05) is 7.11 Å². The van der Waals surface area contributed by atoms with Crippen LogP contribution in [0.25, 0.3) is 0 Å². The van der Waals surface area contributed by atoms with E-state index in [1.54, 1.807) is 6.07 Å². The number of hydrogen-bond donors (Lipinski definition) is 0. The third-order valence-corrected chi connectivity index (χ3v) is 1.90. The van der Waals surface area contributed by atoms with Crippen LogP contribution in [0.1, 0.15) is 12.5 Å². The van der Waals surface area contributed by atoms with Gasteiger partial charge in [0.25, 0.3) is 0 Å². The fourth-order valence-electron chi connectivity index (χ4n) is 0.974. The van der Waals surface area contributed by atoms with Gasteiger partial charge in [0.2, 0.25) is 5.88 Å². The number of methoxy groups -OCH3 is 1. The molecule has 0 aliphatic carbocycles. The van der Waals surface area contributed by atoms with E-state index in [1.807, 2.05) is 0 Å². The zero-order chi connectivity index (χ0) is 9.84. The number of ketones is 1. The number of aromatic nitrogens is 1. The predicted molar refractivity (Wildman–Crippen MR) is 50.2 cm³/mol. The normalized spacial score (nSPS) is 9.77. The van der Waals surface area contributed by atoms with Crippen molar-refractivity contribution >= 4 is 17.4 Å². The summed E-state index contributed by atoms with van der Waals surface area (Å²) in [6.45, 7) is 1.52. The van der Waals surface area contributed by atoms with Gasteiger partial charge in [0.05, 0.1) is 12.1 Å². The average molecular weight is 200 g/mol. The lowest BCUT2D eigenvalue weighted by Crippen LogP contribution is -1.98. The third-order valence-electron chi connectivity index (χ3n) is 1.56. The highest BCUT2D eigenvalue weighted by molar-refractivity contribution is 6.31. The molecule has 0 aliphatic rings. The standard InChI is InChI=1S/C9H10ClNO2/c1-6(12)3-7-4-9(13-2)11-5-8(7)10/h4-5H,3H2,1-2H3. The van der Waals surface area contributed by atoms with Crippen LogP contribution in [0.3, 0.4) is 0 Å². The van der Waals surface area contributed by atoms with E-state index in [0.29, 0.717) is 17.3 Å². The van der Waals surface area contributed by atoms with Crippen molar-refractivity contribution in [3.05, 3.63) is 22.8 Å². The van der Waals surface area contributed by atoms with Crippen LogP contribution in [0.2, 0.25) is 5.02 Å². The van der Waals surface area contributed by atoms with Gasteiger partial charge in [-0.3, -0.25) is 4.79 Å². The Morgan fingerprint density at radius 2 is 2.38 bits per heavy atom. The maximum absolute atomic E-state index is 10.8. The number of nitrogens with zero attached hydrogens (tertiary/aromatic N) is 1. The van der Waals surface area contributed by atoms with E-state index < -0.39 is 0 Å². The summed E-state index contributed by atoms with van der Waals surface area (Å²) in [5.41, 5.74) is 0.751. The van der Waals surface area contributed by atoms with Gasteiger partial charge in [-0.1, -0.05) is 11.6 Å². The molecule has 0 atom stereocenters. The zero-order valence-corrected chi connectivity index (χ0v) is 8.26. The summed E-state index contributed by atoms with van der Waals surface area (Å²) in [7, 11) is 1.52. The van der Waals surface area contributed by atoms with Gasteiger partial charge in [-0.25, -0.2) is 4.98 Å². The quantitative estimate of drug-likeness (QED) is 0.746. The van der Waals surface area contributed by atoms with E-state index in [1.165, 1.54) is 20.2 Å². The van der Waals surface area contributed by atoms with Crippen molar-refractivity contribution in [2.45, 2.75) is 13.3 Å². The maximum Gasteiger partial charge on any atom is 0.213 e. The maximum atomic E-state index is 10.8. The molecule has 1 rings (SSSR count). The van der Waals surface area contributed by atoms with Crippen LogP contribution >= 0.6 is 11.6 Å². The van der Waals surface area contributed by atoms with Gasteiger partial charge < -0.3 is 4.74 Å². The second-order valence-corrected chi connectivity index (χ2v) is 3.10. The monoisotopic (exact) mass is 199 g/mol. The summed E-state index contributed by atoms with van der Waals surface area (Å²) in [6.07, 6.45) is 1.80. The minimum Gasteiger partial charge on any atom is -0.481 e. The molecule has 3 nitrogen and oxygen atoms in total. The molecule has 0 spiro atoms. The molecule has 13 heavy (non-hydrogen) atoms. The Morgan fingerprint density at radius 3 is 2.92 bits per heavy atom. The Labute approximate surface area is 81.7 Å². The van der Waals surface area contributed by atoms with Crippen LogP contribution in [0.5, 0.6) is 5.88 Å². The predicted octanol–water partition coefficient (Wildman–Crippen LogP) is 1.88. The van der Waals surface area contributed by atoms with Crippen LogP contribution in [0.4, 0.5) is 0 Å². The molecule has 1 aromatic heterocycles. The summed E-state index contributed by atoms with van der Waals surface area (Å²) in [4.78, 5) is 14.7. The lowest BCUT2D eigenvalue weighted by atomic mass is 10.1. The third kappa shape index (κ3) is 2.70. The highest BCUT2D eigenvalue weighted by Crippen LogP contribution is 2.19. The lowest BCUT2D eigenvalue weighted by molar-refractivity contribution is -0.116. The summed E-state index contributed by atoms with van der Waals surface area (Å²) in [5, 5.41) is 0.496. The van der Waals surface area contributed by atoms with Gasteiger partial charge in [0.15, 0.2) is 0 Å². The zero-order valence-electron chi connectivity index (χ0n) is 7.50. The number of hydrogen-bond acceptors (Lipinski definition) is 3. The van der Waals surface area contributed by atoms with Crippen LogP contribution in [0, 0.1) is 0 Å². The van der Waals surface area contributed by atoms with E-state index in [-0.39, 0.29) is 5.78 Å². The molecule has 0 N–H and O–H groups in total. The van der Waals surface area contributed by atoms with Crippen molar-refractivity contribution in [1.82, 2.24) is 4.98 Å². The van der Waals surface area contributed by atoms with Crippen molar-refractivity contribution in [2.24, 2.45) is 0 Å². The van der Waals surface area contributed by atoms with Crippen molar-refractivity contribution < 1.29 is 9.53 Å². The van der Waals surface area contributed by atoms with Gasteiger partial charge in [-0.15, -0.1) is 0 Å². The van der Waals surface area contributed by atoms with Gasteiger partial charge >= 0.3 is 0 Å². The highest BCUT2D eigenvalue weighted by Gasteiger charge is 2.05. The summed E-state index contributed by atoms with van der Waals surface area (Å²) in [5.74, 6) is 0.538. The SMILES string of the molecule is COc1cc(CC(C)=O)c(Cl)cn1. The number of pyridine rings is 1. The molecular formula is C9H10ClNO2. The van der Waals surface area contributed by atoms with Crippen LogP contribution in [-0.4, -0.2) is 17.9 Å². The lowest BCUT2D eigenvalue weighted by Gasteiger charge is -2.03. The second-order valence-electron chi connectivity index (χ2n) is 2.70. The Morgan fingerprint density at radius 1 is 1.69 bits per heavy atom. The smallest absolute Gasteiger partial charge is 0.213 e. The van der Waals surface area contributed by atoms with Crippen LogP contribution < -0.4 is 4.74 Å². The molecule has 0 aliphatic heterocycles. The number of ether oxygens (including phenoxy) is 1. The summed E-state index contributed by atoms with van der Waals surface area (Å²) in [6, 6.07) is 1.67. The van der Waals surface area contributed by atoms with Gasteiger partial charge in [0, 0.05) is 18.7 Å². The van der Waals surface area contributed by atoms with Gasteiger partial charge in [-0.05, 0) is 12.5 Å². The molecule has 0 aromatic carbocycles. The van der Waals surface area contributed by atoms with E-state index in [2.05, 4.69) is 4.98 Å². The molecule has 0 saturated heterocycles. The highest BCUT2D eigenvalue weighted by atomic mass is 35.5. The summed E-state index contributed by atoms with van der Waals surface area (Å²) < 4.78 is 4.91. The minimum atomic E-state index is 0.0650. The molecule has 0 fully saturated rings. The fraction of sp³-hybridized carbons (Fsp3) is 0.333. The van der Waals surface area contributed by atoms with Crippen molar-refractivity contribution in [1.29, 1.82) is 0 Å². The van der Waals surface area contributed by atoms with Gasteiger partial charge in [-0.2, -0.15) is 0 Å². The Balaban J connectivity index is 2.96. The number of rotatable bonds is 3. The molecule has 0 saturated carbocycles. The Kier molecular flexibility index (Phi) is 3.25. The van der Waals surface area contributed by atoms with E-state index in [4.69, 9.17) is 16.3 Å². The first-order chi connectivity index (χ1) is 6.13. The number of carbonyl (C=O) groups is 1. The molecule has 0 radical (unpaired) electrons. The number of Topliss-reactive ketones (excluding diaryl/α,β-unsaturated/α-hetero) is 1. The molecule has 0 amide bonds. The van der Waals surface area contributed by atoms with Crippen molar-refractivity contribution in [3.63, 3.8) is 0 Å².